The van der Waals surface area contributed by atoms with Gasteiger partial charge in [-0.3, -0.25) is 9.59 Å². The van der Waals surface area contributed by atoms with Gasteiger partial charge >= 0.3 is 6.09 Å². The van der Waals surface area contributed by atoms with E-state index in [4.69, 9.17) is 14.2 Å². The number of hydrogen-bond acceptors (Lipinski definition) is 8. The molecule has 0 N–H and O–H groups in total. The molecule has 12 nitrogen and oxygen atoms in total. The highest BCUT2D eigenvalue weighted by molar-refractivity contribution is 5.94. The summed E-state index contributed by atoms with van der Waals surface area (Å²) in [5.74, 6) is -0.593. The van der Waals surface area contributed by atoms with Crippen molar-refractivity contribution >= 4 is 17.9 Å². The molecule has 2 aromatic rings. The SMILES string of the molecule is COCCCCc1c(C(=O)N(CC(C)C)[C@H]2C[C@@H](C(=O)N3CCOCC3)CN(C(=O)OC(C)(C)C)C2)nnn1-c1ccc2c(c1)CCC2. The molecule has 0 spiro atoms. The summed E-state index contributed by atoms with van der Waals surface area (Å²) in [5, 5.41) is 9.09. The Morgan fingerprint density at radius 1 is 1.04 bits per heavy atom. The summed E-state index contributed by atoms with van der Waals surface area (Å²) in [6.07, 6.45) is 5.48. The van der Waals surface area contributed by atoms with Crippen LogP contribution in [0.15, 0.2) is 18.2 Å². The van der Waals surface area contributed by atoms with E-state index in [2.05, 4.69) is 42.4 Å². The van der Waals surface area contributed by atoms with Gasteiger partial charge in [0.25, 0.3) is 5.91 Å². The summed E-state index contributed by atoms with van der Waals surface area (Å²) in [5.41, 5.74) is 3.98. The largest absolute Gasteiger partial charge is 0.444 e. The second kappa shape index (κ2) is 15.8. The van der Waals surface area contributed by atoms with Gasteiger partial charge in [-0.05, 0) is 94.9 Å². The van der Waals surface area contributed by atoms with Crippen LogP contribution in [0.3, 0.4) is 0 Å². The normalized spacial score (nSPS) is 19.8. The average molecular weight is 667 g/mol. The molecular weight excluding hydrogens is 612 g/mol. The summed E-state index contributed by atoms with van der Waals surface area (Å²) >= 11 is 0. The Kier molecular flexibility index (Phi) is 11.8. The van der Waals surface area contributed by atoms with Gasteiger partial charge in [0.05, 0.1) is 36.6 Å². The van der Waals surface area contributed by atoms with E-state index in [1.165, 1.54) is 11.1 Å². The summed E-state index contributed by atoms with van der Waals surface area (Å²) in [7, 11) is 1.69. The first-order valence-electron chi connectivity index (χ1n) is 17.7. The number of rotatable bonds is 11. The first-order chi connectivity index (χ1) is 22.9. The Bertz CT molecular complexity index is 1430. The molecule has 0 unspecified atom stereocenters. The Hall–Kier alpha value is -3.51. The van der Waals surface area contributed by atoms with Crippen LogP contribution in [-0.2, 0) is 38.3 Å². The number of fused-ring (bicyclic) bond motifs is 1. The van der Waals surface area contributed by atoms with Crippen LogP contribution >= 0.6 is 0 Å². The number of carbonyl (C=O) groups is 3. The van der Waals surface area contributed by atoms with Crippen molar-refractivity contribution in [2.45, 2.75) is 91.2 Å². The third-order valence-corrected chi connectivity index (χ3v) is 9.32. The molecular formula is C36H54N6O6. The third-order valence-electron chi connectivity index (χ3n) is 9.32. The van der Waals surface area contributed by atoms with Crippen molar-refractivity contribution in [3.63, 3.8) is 0 Å². The highest BCUT2D eigenvalue weighted by atomic mass is 16.6. The molecule has 0 saturated carbocycles. The number of morpholine rings is 1. The third kappa shape index (κ3) is 8.74. The monoisotopic (exact) mass is 666 g/mol. The van der Waals surface area contributed by atoms with Gasteiger partial charge < -0.3 is 28.9 Å². The molecule has 48 heavy (non-hydrogen) atoms. The quantitative estimate of drug-likeness (QED) is 0.326. The van der Waals surface area contributed by atoms with Crippen LogP contribution in [0, 0.1) is 11.8 Å². The van der Waals surface area contributed by atoms with Gasteiger partial charge in [0.2, 0.25) is 5.91 Å². The number of benzene rings is 1. The van der Waals surface area contributed by atoms with Crippen LogP contribution in [0.1, 0.15) is 87.6 Å². The topological polar surface area (TPSA) is 119 Å². The molecule has 2 aliphatic heterocycles. The number of hydrogen-bond donors (Lipinski definition) is 0. The highest BCUT2D eigenvalue weighted by Gasteiger charge is 2.42. The molecule has 3 heterocycles. The number of unbranched alkanes of at least 4 members (excludes halogenated alkanes) is 1. The van der Waals surface area contributed by atoms with Crippen LogP contribution in [0.5, 0.6) is 0 Å². The Morgan fingerprint density at radius 2 is 1.79 bits per heavy atom. The number of ether oxygens (including phenoxy) is 3. The summed E-state index contributed by atoms with van der Waals surface area (Å²) in [6.45, 7) is 13.2. The predicted molar refractivity (Wildman–Crippen MR) is 181 cm³/mol. The Balaban J connectivity index is 1.48. The van der Waals surface area contributed by atoms with E-state index < -0.39 is 23.7 Å². The van der Waals surface area contributed by atoms with Crippen molar-refractivity contribution in [2.24, 2.45) is 11.8 Å². The molecule has 3 amide bonds. The van der Waals surface area contributed by atoms with Gasteiger partial charge in [0.15, 0.2) is 5.69 Å². The molecule has 12 heteroatoms. The van der Waals surface area contributed by atoms with E-state index in [0.717, 1.165) is 43.5 Å². The standard InChI is InChI=1S/C36H54N6O6/c1-25(2)22-41(30-21-28(33(43)39-15-18-47-19-16-39)23-40(24-30)35(45)48-36(3,4)5)34(44)32-31(12-7-8-17-46-6)42(38-37-32)29-14-13-26-10-9-11-27(26)20-29/h13-14,20,25,28,30H,7-12,15-19,21-24H2,1-6H3/t28-,30+/m1/s1. The zero-order chi connectivity index (χ0) is 34.4. The number of amides is 3. The van der Waals surface area contributed by atoms with E-state index in [0.29, 0.717) is 58.0 Å². The molecule has 1 aliphatic carbocycles. The number of carbonyl (C=O) groups excluding carboxylic acids is 3. The smallest absolute Gasteiger partial charge is 0.410 e. The maximum atomic E-state index is 14.7. The molecule has 1 aromatic heterocycles. The molecule has 2 atom stereocenters. The molecule has 2 fully saturated rings. The zero-order valence-corrected chi connectivity index (χ0v) is 29.7. The van der Waals surface area contributed by atoms with E-state index in [1.54, 1.807) is 12.0 Å². The molecule has 0 radical (unpaired) electrons. The maximum Gasteiger partial charge on any atom is 0.410 e. The number of nitrogens with zero attached hydrogens (tertiary/aromatic N) is 6. The van der Waals surface area contributed by atoms with Crippen LogP contribution in [0.4, 0.5) is 4.79 Å². The fourth-order valence-electron chi connectivity index (χ4n) is 7.05. The second-order valence-electron chi connectivity index (χ2n) is 14.8. The molecule has 0 bridgehead atoms. The number of aryl methyl sites for hydroxylation is 2. The van der Waals surface area contributed by atoms with E-state index in [-0.39, 0.29) is 30.8 Å². The lowest BCUT2D eigenvalue weighted by atomic mass is 9.91. The summed E-state index contributed by atoms with van der Waals surface area (Å²) in [6, 6.07) is 6.00. The van der Waals surface area contributed by atoms with Crippen molar-refractivity contribution in [3.8, 4) is 5.69 Å². The van der Waals surface area contributed by atoms with Gasteiger partial charge in [-0.2, -0.15) is 0 Å². The fourth-order valence-corrected chi connectivity index (χ4v) is 7.05. The van der Waals surface area contributed by atoms with Gasteiger partial charge in [0.1, 0.15) is 5.60 Å². The van der Waals surface area contributed by atoms with Gasteiger partial charge in [-0.1, -0.05) is 25.1 Å². The number of piperidine rings is 1. The minimum atomic E-state index is -0.699. The minimum absolute atomic E-state index is 0.0186. The number of methoxy groups -OCH3 is 1. The van der Waals surface area contributed by atoms with Crippen molar-refractivity contribution in [3.05, 3.63) is 40.7 Å². The number of aromatic nitrogens is 3. The maximum absolute atomic E-state index is 14.7. The van der Waals surface area contributed by atoms with E-state index in [9.17, 15) is 14.4 Å². The second-order valence-corrected chi connectivity index (χ2v) is 14.8. The highest BCUT2D eigenvalue weighted by Crippen LogP contribution is 2.29. The first-order valence-corrected chi connectivity index (χ1v) is 17.7. The van der Waals surface area contributed by atoms with E-state index in [1.807, 2.05) is 35.3 Å². The first kappa shape index (κ1) is 35.8. The van der Waals surface area contributed by atoms with Crippen molar-refractivity contribution in [1.29, 1.82) is 0 Å². The number of likely N-dealkylation sites (tertiary alicyclic amines) is 1. The Morgan fingerprint density at radius 3 is 2.50 bits per heavy atom. The minimum Gasteiger partial charge on any atom is -0.444 e. The summed E-state index contributed by atoms with van der Waals surface area (Å²) < 4.78 is 18.4. The average Bonchev–Trinajstić information content (AvgIpc) is 3.71. The zero-order valence-electron chi connectivity index (χ0n) is 29.7. The molecule has 264 valence electrons. The van der Waals surface area contributed by atoms with E-state index >= 15 is 0 Å². The van der Waals surface area contributed by atoms with Crippen LogP contribution in [0.25, 0.3) is 5.69 Å². The molecule has 1 aromatic carbocycles. The van der Waals surface area contributed by atoms with Gasteiger partial charge in [-0.15, -0.1) is 5.10 Å². The lowest BCUT2D eigenvalue weighted by molar-refractivity contribution is -0.142. The lowest BCUT2D eigenvalue weighted by Gasteiger charge is -2.44. The molecule has 5 rings (SSSR count). The van der Waals surface area contributed by atoms with Crippen LogP contribution in [-0.4, -0.2) is 119 Å². The summed E-state index contributed by atoms with van der Waals surface area (Å²) in [4.78, 5) is 47.3. The van der Waals surface area contributed by atoms with Crippen molar-refractivity contribution < 1.29 is 28.6 Å². The van der Waals surface area contributed by atoms with Gasteiger partial charge in [0, 0.05) is 46.4 Å². The van der Waals surface area contributed by atoms with Crippen molar-refractivity contribution in [2.75, 3.05) is 59.7 Å². The predicted octanol–water partition coefficient (Wildman–Crippen LogP) is 4.31. The van der Waals surface area contributed by atoms with Crippen molar-refractivity contribution in [1.82, 2.24) is 29.7 Å². The fraction of sp³-hybridized carbons (Fsp3) is 0.694. The molecule has 2 saturated heterocycles. The van der Waals surface area contributed by atoms with Crippen LogP contribution in [0.2, 0.25) is 0 Å². The van der Waals surface area contributed by atoms with Crippen LogP contribution < -0.4 is 0 Å². The molecule has 3 aliphatic rings. The lowest BCUT2D eigenvalue weighted by Crippen LogP contribution is -2.58. The van der Waals surface area contributed by atoms with Gasteiger partial charge in [-0.25, -0.2) is 9.48 Å². The Labute approximate surface area is 285 Å².